The van der Waals surface area contributed by atoms with Crippen molar-refractivity contribution in [3.63, 3.8) is 0 Å². The first-order valence-corrected chi connectivity index (χ1v) is 10.2. The molecule has 4 rings (SSSR count). The third-order valence-corrected chi connectivity index (χ3v) is 5.75. The van der Waals surface area contributed by atoms with Crippen molar-refractivity contribution in [3.05, 3.63) is 65.1 Å². The van der Waals surface area contributed by atoms with Crippen molar-refractivity contribution in [2.45, 2.75) is 32.9 Å². The number of fused-ring (bicyclic) bond motifs is 2. The van der Waals surface area contributed by atoms with Crippen LogP contribution in [-0.2, 0) is 22.5 Å². The number of rotatable bonds is 5. The number of H-pyrrole nitrogens is 1. The highest BCUT2D eigenvalue weighted by molar-refractivity contribution is 6.11. The SMILES string of the molecule is CCOC(=O)c1[nH]c2ccc(F)cc2c1NC(=O)[C@@H](C)[NH+]1CCc2ccccc2C1. The summed E-state index contributed by atoms with van der Waals surface area (Å²) in [7, 11) is 0. The van der Waals surface area contributed by atoms with Gasteiger partial charge in [-0.05, 0) is 37.6 Å². The molecule has 1 amide bonds. The summed E-state index contributed by atoms with van der Waals surface area (Å²) in [5, 5.41) is 3.30. The Kier molecular flexibility index (Phi) is 5.55. The molecule has 0 spiro atoms. The van der Waals surface area contributed by atoms with Crippen LogP contribution >= 0.6 is 0 Å². The molecule has 30 heavy (non-hydrogen) atoms. The fraction of sp³-hybridized carbons (Fsp3) is 0.304. The van der Waals surface area contributed by atoms with Crippen LogP contribution in [0.1, 0.15) is 35.5 Å². The molecule has 2 atom stereocenters. The molecular weight excluding hydrogens is 385 g/mol. The van der Waals surface area contributed by atoms with Crippen molar-refractivity contribution in [1.82, 2.24) is 4.98 Å². The van der Waals surface area contributed by atoms with Gasteiger partial charge in [-0.25, -0.2) is 9.18 Å². The van der Waals surface area contributed by atoms with Crippen LogP contribution in [0, 0.1) is 5.82 Å². The van der Waals surface area contributed by atoms with Gasteiger partial charge in [-0.3, -0.25) is 4.79 Å². The third-order valence-electron chi connectivity index (χ3n) is 5.75. The van der Waals surface area contributed by atoms with E-state index >= 15 is 0 Å². The molecule has 3 aromatic rings. The first kappa shape index (κ1) is 20.1. The number of carbonyl (C=O) groups is 2. The average molecular weight is 410 g/mol. The lowest BCUT2D eigenvalue weighted by Gasteiger charge is -2.30. The first-order chi connectivity index (χ1) is 14.5. The second kappa shape index (κ2) is 8.28. The summed E-state index contributed by atoms with van der Waals surface area (Å²) >= 11 is 0. The number of aromatic nitrogens is 1. The van der Waals surface area contributed by atoms with E-state index in [2.05, 4.69) is 22.4 Å². The van der Waals surface area contributed by atoms with E-state index in [-0.39, 0.29) is 29.9 Å². The molecule has 0 saturated carbocycles. The molecule has 2 heterocycles. The molecule has 1 aromatic heterocycles. The van der Waals surface area contributed by atoms with Crippen molar-refractivity contribution in [1.29, 1.82) is 0 Å². The Labute approximate surface area is 174 Å². The second-order valence-electron chi connectivity index (χ2n) is 7.60. The summed E-state index contributed by atoms with van der Waals surface area (Å²) in [5.41, 5.74) is 3.51. The Morgan fingerprint density at radius 2 is 2.00 bits per heavy atom. The highest BCUT2D eigenvalue weighted by Gasteiger charge is 2.30. The summed E-state index contributed by atoms with van der Waals surface area (Å²) in [5.74, 6) is -1.25. The van der Waals surface area contributed by atoms with Crippen LogP contribution in [0.2, 0.25) is 0 Å². The van der Waals surface area contributed by atoms with Crippen LogP contribution in [0.3, 0.4) is 0 Å². The van der Waals surface area contributed by atoms with Gasteiger partial charge in [0.25, 0.3) is 5.91 Å². The number of ether oxygens (including phenoxy) is 1. The zero-order valence-corrected chi connectivity index (χ0v) is 17.0. The molecular formula is C23H25FN3O3+. The Morgan fingerprint density at radius 3 is 2.77 bits per heavy atom. The molecule has 3 N–H and O–H groups in total. The average Bonchev–Trinajstić information content (AvgIpc) is 3.10. The summed E-state index contributed by atoms with van der Waals surface area (Å²) in [4.78, 5) is 29.6. The molecule has 1 aliphatic heterocycles. The van der Waals surface area contributed by atoms with Crippen molar-refractivity contribution in [3.8, 4) is 0 Å². The monoisotopic (exact) mass is 410 g/mol. The maximum Gasteiger partial charge on any atom is 0.356 e. The maximum absolute atomic E-state index is 13.9. The number of halogens is 1. The molecule has 0 fully saturated rings. The highest BCUT2D eigenvalue weighted by atomic mass is 19.1. The summed E-state index contributed by atoms with van der Waals surface area (Å²) < 4.78 is 19.0. The van der Waals surface area contributed by atoms with Gasteiger partial charge in [0, 0.05) is 22.9 Å². The minimum Gasteiger partial charge on any atom is -0.461 e. The molecule has 2 aromatic carbocycles. The minimum absolute atomic E-state index is 0.122. The first-order valence-electron chi connectivity index (χ1n) is 10.2. The summed E-state index contributed by atoms with van der Waals surface area (Å²) in [6.45, 7) is 5.39. The molecule has 1 aliphatic rings. The van der Waals surface area contributed by atoms with E-state index in [1.807, 2.05) is 19.1 Å². The summed E-state index contributed by atoms with van der Waals surface area (Å²) in [6, 6.07) is 12.1. The van der Waals surface area contributed by atoms with Gasteiger partial charge in [0.05, 0.1) is 18.8 Å². The van der Waals surface area contributed by atoms with Gasteiger partial charge in [-0.1, -0.05) is 24.3 Å². The van der Waals surface area contributed by atoms with Crippen molar-refractivity contribution < 1.29 is 23.6 Å². The van der Waals surface area contributed by atoms with Gasteiger partial charge >= 0.3 is 5.97 Å². The van der Waals surface area contributed by atoms with E-state index in [0.29, 0.717) is 10.9 Å². The molecule has 1 unspecified atom stereocenters. The lowest BCUT2D eigenvalue weighted by atomic mass is 9.98. The Balaban J connectivity index is 1.60. The fourth-order valence-corrected chi connectivity index (χ4v) is 4.04. The highest BCUT2D eigenvalue weighted by Crippen LogP contribution is 2.29. The van der Waals surface area contributed by atoms with E-state index in [9.17, 15) is 14.0 Å². The quantitative estimate of drug-likeness (QED) is 0.566. The number of esters is 1. The molecule has 156 valence electrons. The van der Waals surface area contributed by atoms with Crippen LogP contribution in [0.15, 0.2) is 42.5 Å². The Hall–Kier alpha value is -3.19. The van der Waals surface area contributed by atoms with Crippen LogP contribution in [0.25, 0.3) is 10.9 Å². The van der Waals surface area contributed by atoms with Crippen LogP contribution in [0.5, 0.6) is 0 Å². The molecule has 0 bridgehead atoms. The van der Waals surface area contributed by atoms with Crippen LogP contribution in [-0.4, -0.2) is 36.1 Å². The Bertz CT molecular complexity index is 1110. The lowest BCUT2D eigenvalue weighted by molar-refractivity contribution is -0.929. The molecule has 0 saturated heterocycles. The van der Waals surface area contributed by atoms with Crippen molar-refractivity contribution in [2.24, 2.45) is 0 Å². The van der Waals surface area contributed by atoms with E-state index < -0.39 is 11.8 Å². The number of amides is 1. The molecule has 6 nitrogen and oxygen atoms in total. The largest absolute Gasteiger partial charge is 0.461 e. The number of carbonyl (C=O) groups excluding carboxylic acids is 2. The van der Waals surface area contributed by atoms with Crippen LogP contribution < -0.4 is 10.2 Å². The topological polar surface area (TPSA) is 75.6 Å². The van der Waals surface area contributed by atoms with E-state index in [1.165, 1.54) is 23.3 Å². The zero-order chi connectivity index (χ0) is 21.3. The van der Waals surface area contributed by atoms with E-state index in [4.69, 9.17) is 4.74 Å². The normalized spacial score (nSPS) is 16.7. The van der Waals surface area contributed by atoms with Gasteiger partial charge in [0.2, 0.25) is 0 Å². The predicted molar refractivity (Wildman–Crippen MR) is 112 cm³/mol. The minimum atomic E-state index is -0.587. The number of anilines is 1. The molecule has 0 radical (unpaired) electrons. The number of benzene rings is 2. The van der Waals surface area contributed by atoms with Gasteiger partial charge in [0.1, 0.15) is 18.1 Å². The van der Waals surface area contributed by atoms with Crippen molar-refractivity contribution in [2.75, 3.05) is 18.5 Å². The standard InChI is InChI=1S/C23H24FN3O3/c1-3-30-23(29)21-20(18-12-17(24)8-9-19(18)25-21)26-22(28)14(2)27-11-10-15-6-4-5-7-16(15)13-27/h4-9,12,14,25H,3,10-11,13H2,1-2H3,(H,26,28)/p+1/t14-/m1/s1. The molecule has 7 heteroatoms. The van der Waals surface area contributed by atoms with E-state index in [1.54, 1.807) is 13.0 Å². The zero-order valence-electron chi connectivity index (χ0n) is 17.0. The number of aromatic amines is 1. The van der Waals surface area contributed by atoms with E-state index in [0.717, 1.165) is 24.4 Å². The maximum atomic E-state index is 13.9. The summed E-state index contributed by atoms with van der Waals surface area (Å²) in [6.07, 6.45) is 0.912. The molecule has 0 aliphatic carbocycles. The number of nitrogens with one attached hydrogen (secondary N) is 3. The number of quaternary nitrogens is 1. The number of hydrogen-bond acceptors (Lipinski definition) is 3. The van der Waals surface area contributed by atoms with Crippen molar-refractivity contribution >= 4 is 28.5 Å². The smallest absolute Gasteiger partial charge is 0.356 e. The van der Waals surface area contributed by atoms with Crippen LogP contribution in [0.4, 0.5) is 10.1 Å². The van der Waals surface area contributed by atoms with Gasteiger partial charge in [0.15, 0.2) is 6.04 Å². The fourth-order valence-electron chi connectivity index (χ4n) is 4.04. The lowest BCUT2D eigenvalue weighted by Crippen LogP contribution is -3.16. The second-order valence-corrected chi connectivity index (χ2v) is 7.60. The Morgan fingerprint density at radius 1 is 1.23 bits per heavy atom. The predicted octanol–water partition coefficient (Wildman–Crippen LogP) is 2.45. The van der Waals surface area contributed by atoms with Gasteiger partial charge in [-0.2, -0.15) is 0 Å². The third kappa shape index (κ3) is 3.80. The van der Waals surface area contributed by atoms with Gasteiger partial charge < -0.3 is 19.9 Å². The van der Waals surface area contributed by atoms with Gasteiger partial charge in [-0.15, -0.1) is 0 Å². The number of hydrogen-bond donors (Lipinski definition) is 3.